The van der Waals surface area contributed by atoms with Gasteiger partial charge in [-0.2, -0.15) is 5.10 Å². The SMILES string of the molecule is CC(C)(C)[Si](C)(C)OCc1[nH]ncc1Br. The first-order valence-electron chi connectivity index (χ1n) is 5.06. The molecule has 0 bridgehead atoms. The van der Waals surface area contributed by atoms with Gasteiger partial charge in [-0.1, -0.05) is 20.8 Å². The Morgan fingerprint density at radius 2 is 2.07 bits per heavy atom. The third-order valence-corrected chi connectivity index (χ3v) is 8.21. The maximum atomic E-state index is 6.06. The third kappa shape index (κ3) is 3.16. The molecular weight excluding hydrogens is 272 g/mol. The molecule has 0 atom stereocenters. The molecule has 86 valence electrons. The van der Waals surface area contributed by atoms with Crippen molar-refractivity contribution >= 4 is 24.2 Å². The molecule has 1 aromatic rings. The minimum atomic E-state index is -1.65. The first-order valence-corrected chi connectivity index (χ1v) is 8.76. The zero-order valence-corrected chi connectivity index (χ0v) is 12.6. The topological polar surface area (TPSA) is 37.9 Å². The van der Waals surface area contributed by atoms with E-state index < -0.39 is 8.32 Å². The highest BCUT2D eigenvalue weighted by Crippen LogP contribution is 2.37. The largest absolute Gasteiger partial charge is 0.411 e. The number of aromatic amines is 1. The van der Waals surface area contributed by atoms with Gasteiger partial charge in [-0.05, 0) is 34.1 Å². The van der Waals surface area contributed by atoms with Crippen LogP contribution < -0.4 is 0 Å². The molecule has 0 unspecified atom stereocenters. The first-order chi connectivity index (χ1) is 6.74. The Balaban J connectivity index is 2.61. The van der Waals surface area contributed by atoms with Crippen molar-refractivity contribution in [1.82, 2.24) is 10.2 Å². The lowest BCUT2D eigenvalue weighted by atomic mass is 10.2. The molecule has 1 aromatic heterocycles. The van der Waals surface area contributed by atoms with Crippen molar-refractivity contribution in [3.63, 3.8) is 0 Å². The number of halogens is 1. The highest BCUT2D eigenvalue weighted by atomic mass is 79.9. The number of nitrogens with zero attached hydrogens (tertiary/aromatic N) is 1. The number of hydrogen-bond acceptors (Lipinski definition) is 2. The molecule has 0 aliphatic heterocycles. The van der Waals surface area contributed by atoms with Gasteiger partial charge in [0.05, 0.1) is 23.0 Å². The van der Waals surface area contributed by atoms with E-state index >= 15 is 0 Å². The van der Waals surface area contributed by atoms with Gasteiger partial charge in [0.1, 0.15) is 0 Å². The summed E-state index contributed by atoms with van der Waals surface area (Å²) >= 11 is 3.43. The van der Waals surface area contributed by atoms with Crippen LogP contribution in [0.25, 0.3) is 0 Å². The van der Waals surface area contributed by atoms with E-state index in [1.54, 1.807) is 6.20 Å². The maximum Gasteiger partial charge on any atom is 0.192 e. The third-order valence-electron chi connectivity index (χ3n) is 3.05. The van der Waals surface area contributed by atoms with E-state index in [4.69, 9.17) is 4.43 Å². The van der Waals surface area contributed by atoms with Gasteiger partial charge < -0.3 is 4.43 Å². The number of aromatic nitrogens is 2. The molecule has 0 aliphatic rings. The molecule has 0 aromatic carbocycles. The lowest BCUT2D eigenvalue weighted by molar-refractivity contribution is 0.271. The number of rotatable bonds is 3. The zero-order chi connectivity index (χ0) is 11.7. The van der Waals surface area contributed by atoms with Crippen LogP contribution >= 0.6 is 15.9 Å². The molecule has 3 nitrogen and oxygen atoms in total. The molecule has 0 spiro atoms. The highest BCUT2D eigenvalue weighted by Gasteiger charge is 2.37. The van der Waals surface area contributed by atoms with Gasteiger partial charge in [0.15, 0.2) is 8.32 Å². The zero-order valence-electron chi connectivity index (χ0n) is 10.0. The summed E-state index contributed by atoms with van der Waals surface area (Å²) in [5.41, 5.74) is 1.01. The second-order valence-electron chi connectivity index (χ2n) is 5.25. The molecule has 15 heavy (non-hydrogen) atoms. The fourth-order valence-corrected chi connectivity index (χ4v) is 2.11. The first kappa shape index (κ1) is 12.9. The molecule has 1 N–H and O–H groups in total. The Labute approximate surface area is 101 Å². The fourth-order valence-electron chi connectivity index (χ4n) is 0.869. The van der Waals surface area contributed by atoms with E-state index in [0.717, 1.165) is 10.2 Å². The van der Waals surface area contributed by atoms with E-state index in [-0.39, 0.29) is 5.04 Å². The smallest absolute Gasteiger partial charge is 0.192 e. The lowest BCUT2D eigenvalue weighted by Crippen LogP contribution is -2.40. The van der Waals surface area contributed by atoms with E-state index in [9.17, 15) is 0 Å². The Kier molecular flexibility index (Phi) is 3.79. The molecule has 0 radical (unpaired) electrons. The predicted octanol–water partition coefficient (Wildman–Crippen LogP) is 3.69. The van der Waals surface area contributed by atoms with Crippen molar-refractivity contribution < 1.29 is 4.43 Å². The normalized spacial score (nSPS) is 13.2. The average Bonchev–Trinajstić information content (AvgIpc) is 2.46. The van der Waals surface area contributed by atoms with Crippen LogP contribution in [0.2, 0.25) is 18.1 Å². The molecule has 0 saturated carbocycles. The average molecular weight is 291 g/mol. The quantitative estimate of drug-likeness (QED) is 0.862. The van der Waals surface area contributed by atoms with E-state index in [2.05, 4.69) is 60.0 Å². The Bertz CT molecular complexity index is 330. The summed E-state index contributed by atoms with van der Waals surface area (Å²) in [6.07, 6.45) is 1.75. The molecule has 5 heteroatoms. The van der Waals surface area contributed by atoms with Crippen molar-refractivity contribution in [2.24, 2.45) is 0 Å². The van der Waals surface area contributed by atoms with Crippen LogP contribution in [0.15, 0.2) is 10.7 Å². The van der Waals surface area contributed by atoms with E-state index in [1.165, 1.54) is 0 Å². The van der Waals surface area contributed by atoms with Crippen LogP contribution in [0.3, 0.4) is 0 Å². The van der Waals surface area contributed by atoms with Crippen LogP contribution in [0.1, 0.15) is 26.5 Å². The Hall–Kier alpha value is -0.133. The lowest BCUT2D eigenvalue weighted by Gasteiger charge is -2.36. The summed E-state index contributed by atoms with van der Waals surface area (Å²) < 4.78 is 7.04. The van der Waals surface area contributed by atoms with Crippen LogP contribution in [-0.4, -0.2) is 18.5 Å². The summed E-state index contributed by atoms with van der Waals surface area (Å²) in [5.74, 6) is 0. The standard InChI is InChI=1S/C10H19BrN2OSi/c1-10(2,3)15(4,5)14-7-9-8(11)6-12-13-9/h6H,7H2,1-5H3,(H,12,13). The molecule has 0 fully saturated rings. The van der Waals surface area contributed by atoms with Crippen LogP contribution in [0.4, 0.5) is 0 Å². The summed E-state index contributed by atoms with van der Waals surface area (Å²) in [6, 6.07) is 0. The van der Waals surface area contributed by atoms with Crippen molar-refractivity contribution in [3.05, 3.63) is 16.4 Å². The van der Waals surface area contributed by atoms with Gasteiger partial charge in [-0.3, -0.25) is 5.10 Å². The monoisotopic (exact) mass is 290 g/mol. The Morgan fingerprint density at radius 3 is 2.47 bits per heavy atom. The number of H-pyrrole nitrogens is 1. The minimum Gasteiger partial charge on any atom is -0.411 e. The molecular formula is C10H19BrN2OSi. The fraction of sp³-hybridized carbons (Fsp3) is 0.700. The number of nitrogens with one attached hydrogen (secondary N) is 1. The van der Waals surface area contributed by atoms with Crippen LogP contribution in [0.5, 0.6) is 0 Å². The molecule has 0 aliphatic carbocycles. The van der Waals surface area contributed by atoms with E-state index in [1.807, 2.05) is 0 Å². The van der Waals surface area contributed by atoms with Gasteiger partial charge in [0.2, 0.25) is 0 Å². The molecule has 1 rings (SSSR count). The second-order valence-corrected chi connectivity index (χ2v) is 10.9. The van der Waals surface area contributed by atoms with Gasteiger partial charge in [0, 0.05) is 0 Å². The minimum absolute atomic E-state index is 0.250. The summed E-state index contributed by atoms with van der Waals surface area (Å²) in [7, 11) is -1.65. The van der Waals surface area contributed by atoms with Gasteiger partial charge in [-0.15, -0.1) is 0 Å². The molecule has 1 heterocycles. The summed E-state index contributed by atoms with van der Waals surface area (Å²) in [6.45, 7) is 11.8. The summed E-state index contributed by atoms with van der Waals surface area (Å²) in [4.78, 5) is 0. The highest BCUT2D eigenvalue weighted by molar-refractivity contribution is 9.10. The van der Waals surface area contributed by atoms with Crippen molar-refractivity contribution in [2.75, 3.05) is 0 Å². The van der Waals surface area contributed by atoms with Gasteiger partial charge >= 0.3 is 0 Å². The molecule has 0 saturated heterocycles. The van der Waals surface area contributed by atoms with Crippen LogP contribution in [0, 0.1) is 0 Å². The van der Waals surface area contributed by atoms with E-state index in [0.29, 0.717) is 6.61 Å². The van der Waals surface area contributed by atoms with Crippen molar-refractivity contribution in [1.29, 1.82) is 0 Å². The Morgan fingerprint density at radius 1 is 1.47 bits per heavy atom. The van der Waals surface area contributed by atoms with Crippen molar-refractivity contribution in [2.45, 2.75) is 45.5 Å². The van der Waals surface area contributed by atoms with Gasteiger partial charge in [-0.25, -0.2) is 0 Å². The second kappa shape index (κ2) is 4.39. The summed E-state index contributed by atoms with van der Waals surface area (Å²) in [5, 5.41) is 7.13. The number of hydrogen-bond donors (Lipinski definition) is 1. The van der Waals surface area contributed by atoms with Crippen molar-refractivity contribution in [3.8, 4) is 0 Å². The molecule has 0 amide bonds. The van der Waals surface area contributed by atoms with Crippen LogP contribution in [-0.2, 0) is 11.0 Å². The van der Waals surface area contributed by atoms with Gasteiger partial charge in [0.25, 0.3) is 0 Å². The maximum absolute atomic E-state index is 6.06. The predicted molar refractivity (Wildman–Crippen MR) is 68.3 cm³/mol.